The van der Waals surface area contributed by atoms with Crippen LogP contribution in [0.3, 0.4) is 0 Å². The van der Waals surface area contributed by atoms with Gasteiger partial charge in [0, 0.05) is 44.3 Å². The van der Waals surface area contributed by atoms with E-state index in [1.165, 1.54) is 11.1 Å². The first kappa shape index (κ1) is 19.9. The second-order valence-electron chi connectivity index (χ2n) is 7.72. The van der Waals surface area contributed by atoms with Gasteiger partial charge in [-0.1, -0.05) is 37.3 Å². The number of nitrogens with zero attached hydrogens (tertiary/aromatic N) is 5. The van der Waals surface area contributed by atoms with Crippen LogP contribution in [0.2, 0.25) is 0 Å². The van der Waals surface area contributed by atoms with Gasteiger partial charge < -0.3 is 4.90 Å². The van der Waals surface area contributed by atoms with Gasteiger partial charge in [-0.3, -0.25) is 9.88 Å². The van der Waals surface area contributed by atoms with E-state index in [1.807, 2.05) is 24.3 Å². The van der Waals surface area contributed by atoms with Crippen molar-refractivity contribution in [1.29, 1.82) is 10.5 Å². The highest BCUT2D eigenvalue weighted by Gasteiger charge is 2.21. The summed E-state index contributed by atoms with van der Waals surface area (Å²) in [5.41, 5.74) is 5.82. The van der Waals surface area contributed by atoms with Gasteiger partial charge in [-0.2, -0.15) is 10.5 Å². The number of aromatic nitrogens is 1. The first-order valence-electron chi connectivity index (χ1n) is 10.5. The Labute approximate surface area is 177 Å². The van der Waals surface area contributed by atoms with E-state index in [4.69, 9.17) is 5.26 Å². The predicted octanol–water partition coefficient (Wildman–Crippen LogP) is 4.25. The van der Waals surface area contributed by atoms with Gasteiger partial charge in [0.15, 0.2) is 0 Å². The van der Waals surface area contributed by atoms with Crippen molar-refractivity contribution in [3.63, 3.8) is 0 Å². The summed E-state index contributed by atoms with van der Waals surface area (Å²) in [6.45, 7) is 6.77. The van der Waals surface area contributed by atoms with Gasteiger partial charge in [-0.15, -0.1) is 0 Å². The van der Waals surface area contributed by atoms with Gasteiger partial charge in [-0.25, -0.2) is 0 Å². The number of anilines is 1. The number of hydrogen-bond donors (Lipinski definition) is 0. The van der Waals surface area contributed by atoms with E-state index >= 15 is 0 Å². The van der Waals surface area contributed by atoms with Crippen molar-refractivity contribution in [1.82, 2.24) is 9.88 Å². The predicted molar refractivity (Wildman–Crippen MR) is 119 cm³/mol. The summed E-state index contributed by atoms with van der Waals surface area (Å²) in [4.78, 5) is 9.42. The Morgan fingerprint density at radius 2 is 1.80 bits per heavy atom. The summed E-state index contributed by atoms with van der Waals surface area (Å²) in [7, 11) is 0. The number of benzene rings is 2. The standard InChI is InChI=1S/C25H25N5/c1-2-21-5-3-6-23-24(21)28-17-22(16-27)25(23)30-12-4-11-29(13-14-30)18-20-9-7-19(15-26)8-10-20/h3,5-10,17H,2,4,11-14,18H2,1H3. The van der Waals surface area contributed by atoms with Crippen molar-refractivity contribution in [2.75, 3.05) is 31.1 Å². The van der Waals surface area contributed by atoms with Gasteiger partial charge in [0.05, 0.1) is 28.4 Å². The third-order valence-corrected chi connectivity index (χ3v) is 5.85. The highest BCUT2D eigenvalue weighted by Crippen LogP contribution is 2.32. The van der Waals surface area contributed by atoms with Gasteiger partial charge in [0.25, 0.3) is 0 Å². The molecule has 0 atom stereocenters. The van der Waals surface area contributed by atoms with Crippen LogP contribution in [0.5, 0.6) is 0 Å². The van der Waals surface area contributed by atoms with Crippen LogP contribution in [0.1, 0.15) is 35.6 Å². The molecule has 1 aliphatic heterocycles. The molecule has 3 aromatic rings. The molecule has 0 radical (unpaired) electrons. The van der Waals surface area contributed by atoms with E-state index in [-0.39, 0.29) is 0 Å². The van der Waals surface area contributed by atoms with Crippen LogP contribution in [0, 0.1) is 22.7 Å². The monoisotopic (exact) mass is 395 g/mol. The van der Waals surface area contributed by atoms with E-state index < -0.39 is 0 Å². The molecule has 0 amide bonds. The highest BCUT2D eigenvalue weighted by atomic mass is 15.2. The molecule has 1 aromatic heterocycles. The summed E-state index contributed by atoms with van der Waals surface area (Å²) in [5.74, 6) is 0. The Balaban J connectivity index is 1.58. The number of para-hydroxylation sites is 1. The topological polar surface area (TPSA) is 67.0 Å². The van der Waals surface area contributed by atoms with Crippen molar-refractivity contribution in [2.45, 2.75) is 26.3 Å². The number of aryl methyl sites for hydroxylation is 1. The molecule has 0 N–H and O–H groups in total. The molecule has 0 unspecified atom stereocenters. The Morgan fingerprint density at radius 3 is 2.53 bits per heavy atom. The quantitative estimate of drug-likeness (QED) is 0.661. The van der Waals surface area contributed by atoms with Crippen LogP contribution < -0.4 is 4.90 Å². The maximum absolute atomic E-state index is 9.74. The molecule has 0 saturated carbocycles. The molecule has 150 valence electrons. The minimum Gasteiger partial charge on any atom is -0.369 e. The summed E-state index contributed by atoms with van der Waals surface area (Å²) in [6, 6.07) is 18.7. The van der Waals surface area contributed by atoms with Crippen molar-refractivity contribution in [2.24, 2.45) is 0 Å². The fourth-order valence-electron chi connectivity index (χ4n) is 4.27. The lowest BCUT2D eigenvalue weighted by atomic mass is 10.0. The third kappa shape index (κ3) is 3.99. The third-order valence-electron chi connectivity index (χ3n) is 5.85. The lowest BCUT2D eigenvalue weighted by Gasteiger charge is -2.26. The Bertz CT molecular complexity index is 1120. The second-order valence-corrected chi connectivity index (χ2v) is 7.72. The smallest absolute Gasteiger partial charge is 0.103 e. The molecule has 0 bridgehead atoms. The molecular formula is C25H25N5. The maximum Gasteiger partial charge on any atom is 0.103 e. The van der Waals surface area contributed by atoms with Crippen molar-refractivity contribution in [3.8, 4) is 12.1 Å². The highest BCUT2D eigenvalue weighted by molar-refractivity contribution is 5.96. The van der Waals surface area contributed by atoms with Crippen LogP contribution in [-0.4, -0.2) is 36.1 Å². The molecule has 5 heteroatoms. The maximum atomic E-state index is 9.74. The molecule has 1 saturated heterocycles. The van der Waals surface area contributed by atoms with Crippen LogP contribution >= 0.6 is 0 Å². The zero-order chi connectivity index (χ0) is 20.9. The number of fused-ring (bicyclic) bond motifs is 1. The van der Waals surface area contributed by atoms with Crippen LogP contribution in [0.25, 0.3) is 10.9 Å². The lowest BCUT2D eigenvalue weighted by molar-refractivity contribution is 0.285. The lowest BCUT2D eigenvalue weighted by Crippen LogP contribution is -2.31. The van der Waals surface area contributed by atoms with Gasteiger partial charge in [0.2, 0.25) is 0 Å². The van der Waals surface area contributed by atoms with E-state index in [9.17, 15) is 5.26 Å². The molecule has 4 rings (SSSR count). The summed E-state index contributed by atoms with van der Waals surface area (Å²) < 4.78 is 0. The van der Waals surface area contributed by atoms with Crippen molar-refractivity contribution in [3.05, 3.63) is 70.9 Å². The van der Waals surface area contributed by atoms with E-state index in [1.54, 1.807) is 6.20 Å². The number of hydrogen-bond acceptors (Lipinski definition) is 5. The van der Waals surface area contributed by atoms with Gasteiger partial charge in [-0.05, 0) is 36.1 Å². The number of nitriles is 2. The molecule has 5 nitrogen and oxygen atoms in total. The summed E-state index contributed by atoms with van der Waals surface area (Å²) >= 11 is 0. The molecule has 2 aromatic carbocycles. The first-order valence-corrected chi connectivity index (χ1v) is 10.5. The van der Waals surface area contributed by atoms with Crippen LogP contribution in [0.15, 0.2) is 48.7 Å². The van der Waals surface area contributed by atoms with Crippen LogP contribution in [-0.2, 0) is 13.0 Å². The SMILES string of the molecule is CCc1cccc2c(N3CCCN(Cc4ccc(C#N)cc4)CC3)c(C#N)cnc12. The van der Waals surface area contributed by atoms with E-state index in [0.29, 0.717) is 11.1 Å². The van der Waals surface area contributed by atoms with Crippen LogP contribution in [0.4, 0.5) is 5.69 Å². The average molecular weight is 396 g/mol. The van der Waals surface area contributed by atoms with Gasteiger partial charge >= 0.3 is 0 Å². The Hall–Kier alpha value is -3.41. The Morgan fingerprint density at radius 1 is 0.967 bits per heavy atom. The molecular weight excluding hydrogens is 370 g/mol. The van der Waals surface area contributed by atoms with E-state index in [0.717, 1.165) is 62.2 Å². The van der Waals surface area contributed by atoms with Gasteiger partial charge in [0.1, 0.15) is 6.07 Å². The second kappa shape index (κ2) is 8.95. The average Bonchev–Trinajstić information content (AvgIpc) is 3.03. The molecule has 1 fully saturated rings. The molecule has 0 spiro atoms. The minimum absolute atomic E-state index is 0.649. The normalized spacial score (nSPS) is 14.8. The summed E-state index contributed by atoms with van der Waals surface area (Å²) in [6.07, 6.45) is 3.70. The molecule has 2 heterocycles. The first-order chi connectivity index (χ1) is 14.7. The zero-order valence-corrected chi connectivity index (χ0v) is 17.3. The molecule has 0 aliphatic carbocycles. The zero-order valence-electron chi connectivity index (χ0n) is 17.3. The molecule has 30 heavy (non-hydrogen) atoms. The largest absolute Gasteiger partial charge is 0.369 e. The molecule has 1 aliphatic rings. The summed E-state index contributed by atoms with van der Waals surface area (Å²) in [5, 5.41) is 19.8. The fourth-order valence-corrected chi connectivity index (χ4v) is 4.27. The van der Waals surface area contributed by atoms with Crippen molar-refractivity contribution >= 4 is 16.6 Å². The van der Waals surface area contributed by atoms with E-state index in [2.05, 4.69) is 52.0 Å². The fraction of sp³-hybridized carbons (Fsp3) is 0.320. The Kier molecular flexibility index (Phi) is 5.93. The number of rotatable bonds is 4. The van der Waals surface area contributed by atoms with Crippen molar-refractivity contribution < 1.29 is 0 Å². The number of pyridine rings is 1. The minimum atomic E-state index is 0.649.